The predicted molar refractivity (Wildman–Crippen MR) is 125 cm³/mol. The first-order chi connectivity index (χ1) is 15.7. The van der Waals surface area contributed by atoms with E-state index in [0.717, 1.165) is 22.0 Å². The quantitative estimate of drug-likeness (QED) is 0.425. The van der Waals surface area contributed by atoms with E-state index in [1.165, 1.54) is 18.2 Å². The number of hydrogen-bond acceptors (Lipinski definition) is 4. The van der Waals surface area contributed by atoms with Crippen molar-refractivity contribution in [3.05, 3.63) is 86.7 Å². The van der Waals surface area contributed by atoms with Gasteiger partial charge in [-0.2, -0.15) is 5.26 Å². The van der Waals surface area contributed by atoms with Gasteiger partial charge in [0.2, 0.25) is 0 Å². The van der Waals surface area contributed by atoms with Gasteiger partial charge in [-0.05, 0) is 68.0 Å². The molecule has 1 aliphatic rings. The van der Waals surface area contributed by atoms with E-state index in [4.69, 9.17) is 28.5 Å². The number of nitrogens with one attached hydrogen (secondary N) is 1. The van der Waals surface area contributed by atoms with Crippen LogP contribution in [-0.4, -0.2) is 22.4 Å². The molecule has 0 bridgehead atoms. The van der Waals surface area contributed by atoms with E-state index in [2.05, 4.69) is 11.4 Å². The van der Waals surface area contributed by atoms with Crippen molar-refractivity contribution >= 4 is 52.8 Å². The van der Waals surface area contributed by atoms with E-state index in [1.807, 2.05) is 36.6 Å². The van der Waals surface area contributed by atoms with Crippen LogP contribution in [0.15, 0.2) is 54.1 Å². The van der Waals surface area contributed by atoms with E-state index < -0.39 is 17.8 Å². The maximum atomic E-state index is 13.2. The van der Waals surface area contributed by atoms with E-state index in [-0.39, 0.29) is 21.3 Å². The summed E-state index contributed by atoms with van der Waals surface area (Å²) in [5, 5.41) is 11.4. The number of aryl methyl sites for hydroxylation is 1. The van der Waals surface area contributed by atoms with Crippen LogP contribution in [0.2, 0.25) is 10.0 Å². The zero-order valence-electron chi connectivity index (χ0n) is 17.5. The Morgan fingerprint density at radius 3 is 2.39 bits per heavy atom. The lowest BCUT2D eigenvalue weighted by atomic mass is 10.1. The van der Waals surface area contributed by atoms with Crippen LogP contribution in [0.5, 0.6) is 0 Å². The standard InChI is InChI=1S/C24H16Cl2N4O3/c1-13-10-16(14(2)29(13)17-8-6-15(12-27)7-9-17)11-18-22(31)28-24(33)30(23(18)32)20-5-3-4-19(25)21(20)26/h3-11H,1-2H3,(H,28,31,33)/b18-11+. The molecule has 0 radical (unpaired) electrons. The lowest BCUT2D eigenvalue weighted by Crippen LogP contribution is -2.54. The molecule has 7 nitrogen and oxygen atoms in total. The smallest absolute Gasteiger partial charge is 0.318 e. The van der Waals surface area contributed by atoms with Gasteiger partial charge < -0.3 is 4.57 Å². The number of halogens is 2. The van der Waals surface area contributed by atoms with Crippen LogP contribution in [0, 0.1) is 25.2 Å². The average Bonchev–Trinajstić information content (AvgIpc) is 3.06. The third kappa shape index (κ3) is 3.91. The number of rotatable bonds is 3. The van der Waals surface area contributed by atoms with Gasteiger partial charge >= 0.3 is 6.03 Å². The molecule has 1 N–H and O–H groups in total. The Labute approximate surface area is 199 Å². The zero-order chi connectivity index (χ0) is 23.9. The van der Waals surface area contributed by atoms with Crippen molar-refractivity contribution in [2.24, 2.45) is 0 Å². The van der Waals surface area contributed by atoms with Crippen LogP contribution in [-0.2, 0) is 9.59 Å². The Balaban J connectivity index is 1.77. The minimum absolute atomic E-state index is 0.0235. The number of urea groups is 1. The molecule has 0 saturated carbocycles. The van der Waals surface area contributed by atoms with E-state index >= 15 is 0 Å². The number of carbonyl (C=O) groups is 3. The molecule has 164 valence electrons. The normalized spacial score (nSPS) is 15.1. The minimum atomic E-state index is -0.908. The number of hydrogen-bond donors (Lipinski definition) is 1. The lowest BCUT2D eigenvalue weighted by Gasteiger charge is -2.27. The molecular formula is C24H16Cl2N4O3. The molecule has 1 aliphatic heterocycles. The number of anilines is 1. The number of barbiturate groups is 1. The topological polar surface area (TPSA) is 95.2 Å². The van der Waals surface area contributed by atoms with Crippen LogP contribution in [0.4, 0.5) is 10.5 Å². The summed E-state index contributed by atoms with van der Waals surface area (Å²) in [4.78, 5) is 39.0. The number of benzene rings is 2. The molecule has 4 amide bonds. The summed E-state index contributed by atoms with van der Waals surface area (Å²) in [7, 11) is 0. The summed E-state index contributed by atoms with van der Waals surface area (Å²) in [5.74, 6) is -1.61. The number of amides is 4. The molecule has 33 heavy (non-hydrogen) atoms. The highest BCUT2D eigenvalue weighted by Gasteiger charge is 2.38. The largest absolute Gasteiger partial charge is 0.336 e. The third-order valence-electron chi connectivity index (χ3n) is 5.30. The summed E-state index contributed by atoms with van der Waals surface area (Å²) >= 11 is 12.2. The van der Waals surface area contributed by atoms with Crippen molar-refractivity contribution in [1.29, 1.82) is 5.26 Å². The van der Waals surface area contributed by atoms with E-state index in [9.17, 15) is 14.4 Å². The molecule has 0 spiro atoms. The molecule has 1 fully saturated rings. The first-order valence-corrected chi connectivity index (χ1v) is 10.5. The van der Waals surface area contributed by atoms with Gasteiger partial charge in [0, 0.05) is 17.1 Å². The van der Waals surface area contributed by atoms with E-state index in [1.54, 1.807) is 18.2 Å². The summed E-state index contributed by atoms with van der Waals surface area (Å²) < 4.78 is 1.94. The number of nitriles is 1. The fourth-order valence-electron chi connectivity index (χ4n) is 3.71. The Morgan fingerprint density at radius 2 is 1.73 bits per heavy atom. The molecule has 3 aromatic rings. The maximum Gasteiger partial charge on any atom is 0.336 e. The summed E-state index contributed by atoms with van der Waals surface area (Å²) in [6, 6.07) is 14.6. The number of nitrogens with zero attached hydrogens (tertiary/aromatic N) is 3. The predicted octanol–water partition coefficient (Wildman–Crippen LogP) is 4.94. The van der Waals surface area contributed by atoms with Gasteiger partial charge in [0.15, 0.2) is 0 Å². The van der Waals surface area contributed by atoms with Crippen LogP contribution < -0.4 is 10.2 Å². The van der Waals surface area contributed by atoms with Gasteiger partial charge in [-0.3, -0.25) is 14.9 Å². The first-order valence-electron chi connectivity index (χ1n) is 9.78. The Kier molecular flexibility index (Phi) is 5.81. The number of aromatic nitrogens is 1. The second-order valence-electron chi connectivity index (χ2n) is 7.35. The highest BCUT2D eigenvalue weighted by molar-refractivity contribution is 6.46. The van der Waals surface area contributed by atoms with Crippen molar-refractivity contribution in [1.82, 2.24) is 9.88 Å². The summed E-state index contributed by atoms with van der Waals surface area (Å²) in [6.45, 7) is 3.73. The van der Waals surface area contributed by atoms with E-state index in [0.29, 0.717) is 11.1 Å². The molecule has 9 heteroatoms. The Bertz CT molecular complexity index is 1400. The third-order valence-corrected chi connectivity index (χ3v) is 6.11. The first kappa shape index (κ1) is 22.3. The number of carbonyl (C=O) groups excluding carboxylic acids is 3. The summed E-state index contributed by atoms with van der Waals surface area (Å²) in [5.41, 5.74) is 3.49. The molecule has 2 aromatic carbocycles. The average molecular weight is 479 g/mol. The van der Waals surface area contributed by atoms with Gasteiger partial charge in [-0.1, -0.05) is 29.3 Å². The Morgan fingerprint density at radius 1 is 1.03 bits per heavy atom. The lowest BCUT2D eigenvalue weighted by molar-refractivity contribution is -0.122. The molecule has 0 unspecified atom stereocenters. The van der Waals surface area contributed by atoms with Crippen molar-refractivity contribution in [2.45, 2.75) is 13.8 Å². The van der Waals surface area contributed by atoms with Gasteiger partial charge in [0.25, 0.3) is 11.8 Å². The van der Waals surface area contributed by atoms with Crippen LogP contribution in [0.25, 0.3) is 11.8 Å². The van der Waals surface area contributed by atoms with Gasteiger partial charge in [-0.25, -0.2) is 9.69 Å². The molecule has 0 atom stereocenters. The van der Waals surface area contributed by atoms with Gasteiger partial charge in [-0.15, -0.1) is 0 Å². The SMILES string of the molecule is Cc1cc(/C=C2\C(=O)NC(=O)N(c3cccc(Cl)c3Cl)C2=O)c(C)n1-c1ccc(C#N)cc1. The zero-order valence-corrected chi connectivity index (χ0v) is 19.0. The van der Waals surface area contributed by atoms with Crippen molar-refractivity contribution in [3.8, 4) is 11.8 Å². The minimum Gasteiger partial charge on any atom is -0.318 e. The summed E-state index contributed by atoms with van der Waals surface area (Å²) in [6.07, 6.45) is 1.44. The van der Waals surface area contributed by atoms with Crippen LogP contribution in [0.3, 0.4) is 0 Å². The molecule has 1 saturated heterocycles. The van der Waals surface area contributed by atoms with Crippen LogP contribution >= 0.6 is 23.2 Å². The van der Waals surface area contributed by atoms with Crippen LogP contribution in [0.1, 0.15) is 22.5 Å². The molecule has 0 aliphatic carbocycles. The Hall–Kier alpha value is -3.86. The van der Waals surface area contributed by atoms with Crippen molar-refractivity contribution in [3.63, 3.8) is 0 Å². The fraction of sp³-hybridized carbons (Fsp3) is 0.0833. The number of imide groups is 2. The second kappa shape index (κ2) is 8.58. The van der Waals surface area contributed by atoms with Crippen molar-refractivity contribution in [2.75, 3.05) is 4.90 Å². The highest BCUT2D eigenvalue weighted by atomic mass is 35.5. The van der Waals surface area contributed by atoms with Crippen molar-refractivity contribution < 1.29 is 14.4 Å². The maximum absolute atomic E-state index is 13.2. The molecule has 1 aromatic heterocycles. The van der Waals surface area contributed by atoms with Gasteiger partial charge in [0.1, 0.15) is 5.57 Å². The fourth-order valence-corrected chi connectivity index (χ4v) is 4.09. The van der Waals surface area contributed by atoms with Gasteiger partial charge in [0.05, 0.1) is 27.4 Å². The monoisotopic (exact) mass is 478 g/mol. The second-order valence-corrected chi connectivity index (χ2v) is 8.14. The molecule has 2 heterocycles. The highest BCUT2D eigenvalue weighted by Crippen LogP contribution is 2.34. The molecule has 4 rings (SSSR count). The molecular weight excluding hydrogens is 463 g/mol.